The summed E-state index contributed by atoms with van der Waals surface area (Å²) in [5.74, 6) is 1.62. The SMILES string of the molecule is c1cc(C2CCC2)n(CC2CNC2)n1. The Morgan fingerprint density at radius 3 is 2.86 bits per heavy atom. The topological polar surface area (TPSA) is 29.9 Å². The Hall–Kier alpha value is -0.830. The van der Waals surface area contributed by atoms with E-state index in [1.54, 1.807) is 0 Å². The minimum absolute atomic E-state index is 0.811. The van der Waals surface area contributed by atoms with Gasteiger partial charge < -0.3 is 5.32 Å². The maximum atomic E-state index is 4.43. The first-order valence-electron chi connectivity index (χ1n) is 5.66. The average Bonchev–Trinajstić information content (AvgIpc) is 2.42. The van der Waals surface area contributed by atoms with Gasteiger partial charge in [0.2, 0.25) is 0 Å². The molecule has 0 atom stereocenters. The Morgan fingerprint density at radius 2 is 2.29 bits per heavy atom. The van der Waals surface area contributed by atoms with Crippen molar-refractivity contribution in [2.45, 2.75) is 31.7 Å². The van der Waals surface area contributed by atoms with E-state index in [2.05, 4.69) is 21.2 Å². The molecule has 0 amide bonds. The molecular formula is C11H17N3. The summed E-state index contributed by atoms with van der Waals surface area (Å²) in [4.78, 5) is 0. The highest BCUT2D eigenvalue weighted by Gasteiger charge is 2.25. The smallest absolute Gasteiger partial charge is 0.0492 e. The quantitative estimate of drug-likeness (QED) is 0.782. The lowest BCUT2D eigenvalue weighted by molar-refractivity contribution is 0.282. The van der Waals surface area contributed by atoms with Gasteiger partial charge in [-0.25, -0.2) is 0 Å². The average molecular weight is 191 g/mol. The van der Waals surface area contributed by atoms with Gasteiger partial charge in [0.05, 0.1) is 0 Å². The minimum atomic E-state index is 0.811. The van der Waals surface area contributed by atoms with Gasteiger partial charge in [-0.3, -0.25) is 4.68 Å². The molecule has 0 radical (unpaired) electrons. The van der Waals surface area contributed by atoms with E-state index in [1.165, 1.54) is 38.0 Å². The molecule has 2 fully saturated rings. The van der Waals surface area contributed by atoms with Crippen molar-refractivity contribution in [1.29, 1.82) is 0 Å². The van der Waals surface area contributed by atoms with Crippen LogP contribution in [0, 0.1) is 5.92 Å². The van der Waals surface area contributed by atoms with Crippen LogP contribution < -0.4 is 5.32 Å². The summed E-state index contributed by atoms with van der Waals surface area (Å²) in [6.07, 6.45) is 6.10. The van der Waals surface area contributed by atoms with Crippen molar-refractivity contribution in [1.82, 2.24) is 15.1 Å². The van der Waals surface area contributed by atoms with Crippen LogP contribution in [0.4, 0.5) is 0 Å². The van der Waals surface area contributed by atoms with Gasteiger partial charge >= 0.3 is 0 Å². The molecule has 1 aromatic rings. The number of nitrogens with one attached hydrogen (secondary N) is 1. The molecule has 3 rings (SSSR count). The van der Waals surface area contributed by atoms with Crippen molar-refractivity contribution in [3.8, 4) is 0 Å². The van der Waals surface area contributed by atoms with Crippen molar-refractivity contribution in [2.75, 3.05) is 13.1 Å². The van der Waals surface area contributed by atoms with Crippen molar-refractivity contribution in [2.24, 2.45) is 5.92 Å². The second-order valence-corrected chi connectivity index (χ2v) is 4.59. The third-order valence-corrected chi connectivity index (χ3v) is 3.57. The third kappa shape index (κ3) is 1.36. The Labute approximate surface area is 84.5 Å². The summed E-state index contributed by atoms with van der Waals surface area (Å²) in [7, 11) is 0. The molecule has 1 saturated heterocycles. The Balaban J connectivity index is 1.72. The summed E-state index contributed by atoms with van der Waals surface area (Å²) in [6, 6.07) is 2.20. The molecule has 1 aliphatic heterocycles. The number of nitrogens with zero attached hydrogens (tertiary/aromatic N) is 2. The predicted octanol–water partition coefficient (Wildman–Crippen LogP) is 1.37. The minimum Gasteiger partial charge on any atom is -0.316 e. The van der Waals surface area contributed by atoms with E-state index >= 15 is 0 Å². The molecule has 0 spiro atoms. The molecule has 1 saturated carbocycles. The fourth-order valence-corrected chi connectivity index (χ4v) is 2.27. The van der Waals surface area contributed by atoms with Crippen LogP contribution in [0.15, 0.2) is 12.3 Å². The molecule has 1 N–H and O–H groups in total. The standard InChI is InChI=1S/C11H17N3/c1-2-10(3-1)11-4-5-13-14(11)8-9-6-12-7-9/h4-5,9-10,12H,1-3,6-8H2. The van der Waals surface area contributed by atoms with Crippen LogP contribution in [-0.4, -0.2) is 22.9 Å². The zero-order valence-electron chi connectivity index (χ0n) is 8.45. The van der Waals surface area contributed by atoms with E-state index in [1.807, 2.05) is 6.20 Å². The molecule has 14 heavy (non-hydrogen) atoms. The molecule has 3 nitrogen and oxygen atoms in total. The van der Waals surface area contributed by atoms with Crippen LogP contribution >= 0.6 is 0 Å². The van der Waals surface area contributed by atoms with Crippen LogP contribution in [0.25, 0.3) is 0 Å². The van der Waals surface area contributed by atoms with Crippen molar-refractivity contribution < 1.29 is 0 Å². The molecule has 1 aliphatic carbocycles. The van der Waals surface area contributed by atoms with E-state index in [4.69, 9.17) is 0 Å². The fourth-order valence-electron chi connectivity index (χ4n) is 2.27. The number of aromatic nitrogens is 2. The van der Waals surface area contributed by atoms with E-state index in [0.29, 0.717) is 0 Å². The Morgan fingerprint density at radius 1 is 1.43 bits per heavy atom. The van der Waals surface area contributed by atoms with Crippen LogP contribution in [0.3, 0.4) is 0 Å². The van der Waals surface area contributed by atoms with Gasteiger partial charge in [0.1, 0.15) is 0 Å². The second kappa shape index (κ2) is 3.39. The lowest BCUT2D eigenvalue weighted by Crippen LogP contribution is -2.44. The first-order chi connectivity index (χ1) is 6.93. The van der Waals surface area contributed by atoms with Crippen LogP contribution in [0.5, 0.6) is 0 Å². The molecular weight excluding hydrogens is 174 g/mol. The summed E-state index contributed by atoms with van der Waals surface area (Å²) in [6.45, 7) is 3.46. The molecule has 3 heteroatoms. The van der Waals surface area contributed by atoms with Gasteiger partial charge in [-0.1, -0.05) is 6.42 Å². The highest BCUT2D eigenvalue weighted by atomic mass is 15.3. The molecule has 76 valence electrons. The maximum Gasteiger partial charge on any atom is 0.0492 e. The summed E-state index contributed by atoms with van der Waals surface area (Å²) < 4.78 is 2.23. The van der Waals surface area contributed by atoms with Crippen molar-refractivity contribution in [3.63, 3.8) is 0 Å². The molecule has 2 heterocycles. The molecule has 0 aromatic carbocycles. The highest BCUT2D eigenvalue weighted by Crippen LogP contribution is 2.36. The van der Waals surface area contributed by atoms with Gasteiger partial charge in [-0.05, 0) is 18.9 Å². The van der Waals surface area contributed by atoms with Gasteiger partial charge in [-0.15, -0.1) is 0 Å². The van der Waals surface area contributed by atoms with E-state index in [0.717, 1.165) is 18.4 Å². The lowest BCUT2D eigenvalue weighted by Gasteiger charge is -2.30. The van der Waals surface area contributed by atoms with E-state index in [9.17, 15) is 0 Å². The van der Waals surface area contributed by atoms with Crippen molar-refractivity contribution >= 4 is 0 Å². The van der Waals surface area contributed by atoms with E-state index < -0.39 is 0 Å². The number of rotatable bonds is 3. The first kappa shape index (κ1) is 8.48. The molecule has 0 unspecified atom stereocenters. The highest BCUT2D eigenvalue weighted by molar-refractivity contribution is 5.11. The summed E-state index contributed by atoms with van der Waals surface area (Å²) in [5, 5.41) is 7.74. The largest absolute Gasteiger partial charge is 0.316 e. The van der Waals surface area contributed by atoms with E-state index in [-0.39, 0.29) is 0 Å². The third-order valence-electron chi connectivity index (χ3n) is 3.57. The normalized spacial score (nSPS) is 23.1. The maximum absolute atomic E-state index is 4.43. The van der Waals surface area contributed by atoms with Crippen LogP contribution in [0.1, 0.15) is 30.9 Å². The van der Waals surface area contributed by atoms with Crippen LogP contribution in [-0.2, 0) is 6.54 Å². The van der Waals surface area contributed by atoms with Gasteiger partial charge in [-0.2, -0.15) is 5.10 Å². The Bertz CT molecular complexity index is 310. The number of hydrogen-bond acceptors (Lipinski definition) is 2. The number of hydrogen-bond donors (Lipinski definition) is 1. The summed E-state index contributed by atoms with van der Waals surface area (Å²) >= 11 is 0. The van der Waals surface area contributed by atoms with Crippen molar-refractivity contribution in [3.05, 3.63) is 18.0 Å². The van der Waals surface area contributed by atoms with Gasteiger partial charge in [0.25, 0.3) is 0 Å². The van der Waals surface area contributed by atoms with Crippen LogP contribution in [0.2, 0.25) is 0 Å². The molecule has 0 bridgehead atoms. The lowest BCUT2D eigenvalue weighted by atomic mass is 9.83. The molecule has 1 aromatic heterocycles. The fraction of sp³-hybridized carbons (Fsp3) is 0.727. The van der Waals surface area contributed by atoms with Gasteiger partial charge in [0.15, 0.2) is 0 Å². The predicted molar refractivity (Wildman–Crippen MR) is 55.2 cm³/mol. The summed E-state index contributed by atoms with van der Waals surface area (Å²) in [5.41, 5.74) is 1.48. The second-order valence-electron chi connectivity index (χ2n) is 4.59. The first-order valence-corrected chi connectivity index (χ1v) is 5.66. The monoisotopic (exact) mass is 191 g/mol. The zero-order chi connectivity index (χ0) is 9.38. The zero-order valence-corrected chi connectivity index (χ0v) is 8.45. The molecule has 2 aliphatic rings. The Kier molecular flexibility index (Phi) is 2.05. The van der Waals surface area contributed by atoms with Gasteiger partial charge in [0, 0.05) is 43.4 Å².